The van der Waals surface area contributed by atoms with Gasteiger partial charge in [0, 0.05) is 46.3 Å². The second-order valence-electron chi connectivity index (χ2n) is 14.6. The first-order valence-corrected chi connectivity index (χ1v) is 16.4. The Morgan fingerprint density at radius 2 is 1.81 bits per heavy atom. The Labute approximate surface area is 252 Å². The van der Waals surface area contributed by atoms with E-state index >= 15 is 0 Å². The van der Waals surface area contributed by atoms with Gasteiger partial charge in [0.2, 0.25) is 11.8 Å². The summed E-state index contributed by atoms with van der Waals surface area (Å²) in [4.78, 5) is 37.0. The summed E-state index contributed by atoms with van der Waals surface area (Å²) in [6.07, 6.45) is 10.9. The normalized spacial score (nSPS) is 38.2. The van der Waals surface area contributed by atoms with Crippen LogP contribution in [0.15, 0.2) is 23.0 Å². The maximum Gasteiger partial charge on any atom is 0.302 e. The van der Waals surface area contributed by atoms with Gasteiger partial charge in [-0.2, -0.15) is 0 Å². The highest BCUT2D eigenvalue weighted by molar-refractivity contribution is 5.92. The van der Waals surface area contributed by atoms with E-state index in [1.165, 1.54) is 49.7 Å². The van der Waals surface area contributed by atoms with Crippen LogP contribution >= 0.6 is 0 Å². The second kappa shape index (κ2) is 11.7. The fourth-order valence-electron chi connectivity index (χ4n) is 10.3. The Morgan fingerprint density at radius 3 is 2.45 bits per heavy atom. The zero-order chi connectivity index (χ0) is 30.6. The number of rotatable bonds is 8. The van der Waals surface area contributed by atoms with Gasteiger partial charge in [0.15, 0.2) is 0 Å². The van der Waals surface area contributed by atoms with Crippen molar-refractivity contribution in [3.05, 3.63) is 23.0 Å². The first-order chi connectivity index (χ1) is 19.8. The second-order valence-corrected chi connectivity index (χ2v) is 14.6. The molecule has 1 aliphatic heterocycles. The van der Waals surface area contributed by atoms with Crippen molar-refractivity contribution in [2.45, 2.75) is 125 Å². The third-order valence-corrected chi connectivity index (χ3v) is 12.1. The van der Waals surface area contributed by atoms with Crippen molar-refractivity contribution < 1.29 is 28.6 Å². The topological polar surface area (TPSA) is 82.1 Å². The molecule has 42 heavy (non-hydrogen) atoms. The van der Waals surface area contributed by atoms with Crippen LogP contribution < -0.4 is 0 Å². The molecule has 2 amide bonds. The Bertz CT molecular complexity index is 1140. The highest BCUT2D eigenvalue weighted by Gasteiger charge is 2.64. The molecule has 1 heterocycles. The monoisotopic (exact) mass is 583 g/mol. The summed E-state index contributed by atoms with van der Waals surface area (Å²) in [6, 6.07) is 0. The molecule has 0 spiro atoms. The Morgan fingerprint density at radius 1 is 1.10 bits per heavy atom. The lowest BCUT2D eigenvalue weighted by Crippen LogP contribution is -2.50. The van der Waals surface area contributed by atoms with Crippen molar-refractivity contribution in [1.82, 2.24) is 4.90 Å². The maximum atomic E-state index is 12.0. The predicted molar refractivity (Wildman–Crippen MR) is 161 cm³/mol. The van der Waals surface area contributed by atoms with Crippen molar-refractivity contribution >= 4 is 17.8 Å². The number of fused-ring (bicyclic) bond motifs is 7. The van der Waals surface area contributed by atoms with Crippen LogP contribution in [0.25, 0.3) is 0 Å². The summed E-state index contributed by atoms with van der Waals surface area (Å²) < 4.78 is 18.8. The van der Waals surface area contributed by atoms with Crippen molar-refractivity contribution in [3.63, 3.8) is 0 Å². The maximum absolute atomic E-state index is 12.0. The van der Waals surface area contributed by atoms with Gasteiger partial charge in [-0.1, -0.05) is 32.4 Å². The summed E-state index contributed by atoms with van der Waals surface area (Å²) in [5.74, 6) is 2.88. The largest absolute Gasteiger partial charge is 0.491 e. The van der Waals surface area contributed by atoms with E-state index < -0.39 is 0 Å². The fourth-order valence-corrected chi connectivity index (χ4v) is 10.3. The van der Waals surface area contributed by atoms with E-state index in [1.807, 2.05) is 6.92 Å². The minimum absolute atomic E-state index is 0.0340. The molecule has 7 heteroatoms. The van der Waals surface area contributed by atoms with E-state index in [9.17, 15) is 14.4 Å². The van der Waals surface area contributed by atoms with Crippen molar-refractivity contribution in [1.29, 1.82) is 0 Å². The number of carbonyl (C=O) groups is 3. The minimum Gasteiger partial charge on any atom is -0.491 e. The zero-order valence-electron chi connectivity index (χ0n) is 27.2. The number of esters is 1. The quantitative estimate of drug-likeness (QED) is 0.236. The molecule has 0 aromatic carbocycles. The van der Waals surface area contributed by atoms with Crippen LogP contribution in [0.5, 0.6) is 0 Å². The van der Waals surface area contributed by atoms with Crippen LogP contribution in [0, 0.1) is 40.4 Å². The van der Waals surface area contributed by atoms with Crippen LogP contribution in [0.3, 0.4) is 0 Å². The van der Waals surface area contributed by atoms with Crippen molar-refractivity contribution in [3.8, 4) is 0 Å². The molecular weight excluding hydrogens is 530 g/mol. The third-order valence-electron chi connectivity index (χ3n) is 12.1. The highest BCUT2D eigenvalue weighted by Crippen LogP contribution is 2.69. The summed E-state index contributed by atoms with van der Waals surface area (Å²) in [5.41, 5.74) is 3.29. The first-order valence-electron chi connectivity index (χ1n) is 16.4. The van der Waals surface area contributed by atoms with Gasteiger partial charge < -0.3 is 14.2 Å². The molecule has 7 nitrogen and oxygen atoms in total. The van der Waals surface area contributed by atoms with Gasteiger partial charge in [-0.15, -0.1) is 0 Å². The number of carbonyl (C=O) groups excluding carboxylic acids is 3. The van der Waals surface area contributed by atoms with E-state index in [2.05, 4.69) is 33.8 Å². The standard InChI is InChI=1S/C35H53NO6/c1-9-40-31(16-20(2)19-36(22(4)37)23(5)38)33-21(3)32-30(42-33)18-29-27-11-10-25-17-26(41-24(6)39)12-14-34(25,7)28(27)13-15-35(29,32)8/h10,20,26-32H,9,11-19H2,1-8H3/t20?,26-,27+,28-,29-,30-,31+,32-,34-,35-/m0/s1. The molecule has 0 saturated heterocycles. The van der Waals surface area contributed by atoms with Gasteiger partial charge in [-0.3, -0.25) is 19.3 Å². The average molecular weight is 584 g/mol. The van der Waals surface area contributed by atoms with E-state index in [1.54, 1.807) is 0 Å². The van der Waals surface area contributed by atoms with Gasteiger partial charge in [0.05, 0.1) is 0 Å². The minimum atomic E-state index is -0.213. The van der Waals surface area contributed by atoms with Crippen LogP contribution in [-0.4, -0.2) is 54.1 Å². The molecule has 4 aliphatic carbocycles. The zero-order valence-corrected chi connectivity index (χ0v) is 27.2. The summed E-state index contributed by atoms with van der Waals surface area (Å²) >= 11 is 0. The molecule has 0 aromatic heterocycles. The Balaban J connectivity index is 1.33. The van der Waals surface area contributed by atoms with E-state index in [0.29, 0.717) is 43.2 Å². The molecule has 5 aliphatic rings. The number of nitrogens with zero attached hydrogens (tertiary/aromatic N) is 1. The van der Waals surface area contributed by atoms with E-state index in [0.717, 1.165) is 37.9 Å². The SMILES string of the molecule is CCO[C@H](CC(C)CN(C(C)=O)C(C)=O)C1=C(C)[C@H]2[C@H](C[C@H]3[C@@H]4CC=C5C[C@@H](OC(C)=O)CC[C@]5(C)[C@H]4CC[C@@]32C)O1. The molecule has 0 N–H and O–H groups in total. The lowest BCUT2D eigenvalue weighted by molar-refractivity contribution is -0.149. The lowest BCUT2D eigenvalue weighted by atomic mass is 9.47. The number of allylic oxidation sites excluding steroid dienone is 1. The summed E-state index contributed by atoms with van der Waals surface area (Å²) in [5, 5.41) is 0. The van der Waals surface area contributed by atoms with Gasteiger partial charge in [0.1, 0.15) is 24.1 Å². The number of hydrogen-bond acceptors (Lipinski definition) is 6. The smallest absolute Gasteiger partial charge is 0.302 e. The molecule has 0 radical (unpaired) electrons. The number of imide groups is 1. The lowest BCUT2D eigenvalue weighted by Gasteiger charge is -2.58. The molecule has 3 saturated carbocycles. The Hall–Kier alpha value is -2.15. The molecule has 5 rings (SSSR count). The molecular formula is C35H53NO6. The number of amides is 2. The molecule has 1 unspecified atom stereocenters. The van der Waals surface area contributed by atoms with Crippen molar-refractivity contribution in [2.24, 2.45) is 40.4 Å². The highest BCUT2D eigenvalue weighted by atomic mass is 16.5. The van der Waals surface area contributed by atoms with E-state index in [4.69, 9.17) is 14.2 Å². The third kappa shape index (κ3) is 5.37. The van der Waals surface area contributed by atoms with Gasteiger partial charge in [-0.05, 0) is 98.9 Å². The fraction of sp³-hybridized carbons (Fsp3) is 0.800. The molecule has 10 atom stereocenters. The van der Waals surface area contributed by atoms with Crippen molar-refractivity contribution in [2.75, 3.05) is 13.2 Å². The van der Waals surface area contributed by atoms with Gasteiger partial charge in [-0.25, -0.2) is 0 Å². The van der Waals surface area contributed by atoms with Crippen LogP contribution in [0.4, 0.5) is 0 Å². The molecule has 234 valence electrons. The first kappa shape index (κ1) is 31.3. The average Bonchev–Trinajstić information content (AvgIpc) is 3.40. The van der Waals surface area contributed by atoms with Gasteiger partial charge in [0.25, 0.3) is 0 Å². The number of ether oxygens (including phenoxy) is 3. The summed E-state index contributed by atoms with van der Waals surface area (Å²) in [7, 11) is 0. The van der Waals surface area contributed by atoms with Crippen LogP contribution in [-0.2, 0) is 28.6 Å². The molecule has 0 bridgehead atoms. The number of hydrogen-bond donors (Lipinski definition) is 0. The molecule has 3 fully saturated rings. The van der Waals surface area contributed by atoms with E-state index in [-0.39, 0.29) is 52.8 Å². The molecule has 0 aromatic rings. The Kier molecular flexibility index (Phi) is 8.74. The van der Waals surface area contributed by atoms with Gasteiger partial charge >= 0.3 is 5.97 Å². The predicted octanol–water partition coefficient (Wildman–Crippen LogP) is 6.61. The summed E-state index contributed by atoms with van der Waals surface area (Å²) in [6.45, 7) is 16.8. The van der Waals surface area contributed by atoms with Crippen LogP contribution in [0.2, 0.25) is 0 Å². The van der Waals surface area contributed by atoms with Crippen LogP contribution in [0.1, 0.15) is 107 Å².